The molecule has 5 nitrogen and oxygen atoms in total. The molecule has 0 spiro atoms. The van der Waals surface area contributed by atoms with E-state index in [0.717, 1.165) is 5.56 Å². The number of hydrogen-bond donors (Lipinski definition) is 1. The quantitative estimate of drug-likeness (QED) is 0.546. The summed E-state index contributed by atoms with van der Waals surface area (Å²) in [5, 5.41) is 3.63. The third-order valence-electron chi connectivity index (χ3n) is 4.04. The van der Waals surface area contributed by atoms with Crippen molar-refractivity contribution in [2.75, 3.05) is 7.11 Å². The zero-order valence-electron chi connectivity index (χ0n) is 15.1. The van der Waals surface area contributed by atoms with E-state index in [4.69, 9.17) is 20.8 Å². The van der Waals surface area contributed by atoms with E-state index in [2.05, 4.69) is 10.3 Å². The van der Waals surface area contributed by atoms with Crippen molar-refractivity contribution in [2.45, 2.75) is 0 Å². The number of ether oxygens (including phenoxy) is 1. The van der Waals surface area contributed by atoms with Crippen LogP contribution in [0.3, 0.4) is 0 Å². The molecule has 0 atom stereocenters. The molecule has 146 valence electrons. The van der Waals surface area contributed by atoms with Gasteiger partial charge < -0.3 is 14.5 Å². The van der Waals surface area contributed by atoms with Crippen LogP contribution in [0.4, 0.5) is 10.1 Å². The zero-order valence-corrected chi connectivity index (χ0v) is 16.7. The highest BCUT2D eigenvalue weighted by molar-refractivity contribution is 8.18. The molecular formula is C21H14ClFN2O3S. The Morgan fingerprint density at radius 2 is 1.97 bits per heavy atom. The van der Waals surface area contributed by atoms with E-state index in [-0.39, 0.29) is 11.7 Å². The predicted octanol–water partition coefficient (Wildman–Crippen LogP) is 5.64. The van der Waals surface area contributed by atoms with E-state index in [1.54, 1.807) is 48.5 Å². The average Bonchev–Trinajstić information content (AvgIpc) is 3.30. The van der Waals surface area contributed by atoms with E-state index < -0.39 is 0 Å². The number of methoxy groups -OCH3 is 1. The molecule has 1 aromatic heterocycles. The summed E-state index contributed by atoms with van der Waals surface area (Å²) < 4.78 is 24.1. The number of halogens is 2. The molecule has 1 saturated heterocycles. The summed E-state index contributed by atoms with van der Waals surface area (Å²) in [4.78, 5) is 17.2. The summed E-state index contributed by atoms with van der Waals surface area (Å²) >= 11 is 7.20. The van der Waals surface area contributed by atoms with Gasteiger partial charge in [-0.3, -0.25) is 4.79 Å². The van der Waals surface area contributed by atoms with Crippen LogP contribution in [0.1, 0.15) is 5.76 Å². The molecule has 3 aromatic rings. The number of nitrogens with one attached hydrogen (secondary N) is 1. The lowest BCUT2D eigenvalue weighted by atomic mass is 10.2. The lowest BCUT2D eigenvalue weighted by Gasteiger charge is -2.04. The molecule has 0 saturated carbocycles. The maximum atomic E-state index is 13.1. The van der Waals surface area contributed by atoms with Crippen LogP contribution in [0.2, 0.25) is 5.02 Å². The Labute approximate surface area is 175 Å². The Morgan fingerprint density at radius 1 is 1.17 bits per heavy atom. The van der Waals surface area contributed by atoms with Gasteiger partial charge in [0.1, 0.15) is 28.8 Å². The van der Waals surface area contributed by atoms with Gasteiger partial charge >= 0.3 is 0 Å². The second-order valence-electron chi connectivity index (χ2n) is 6.01. The lowest BCUT2D eigenvalue weighted by Crippen LogP contribution is -2.19. The minimum atomic E-state index is -0.315. The molecule has 1 aliphatic rings. The first-order valence-electron chi connectivity index (χ1n) is 8.51. The van der Waals surface area contributed by atoms with Crippen LogP contribution in [0.5, 0.6) is 5.75 Å². The largest absolute Gasteiger partial charge is 0.494 e. The topological polar surface area (TPSA) is 63.8 Å². The smallest absolute Gasteiger partial charge is 0.264 e. The maximum absolute atomic E-state index is 13.1. The van der Waals surface area contributed by atoms with Crippen LogP contribution < -0.4 is 10.1 Å². The van der Waals surface area contributed by atoms with Crippen molar-refractivity contribution in [3.63, 3.8) is 0 Å². The third kappa shape index (κ3) is 4.36. The number of amides is 1. The fourth-order valence-corrected chi connectivity index (χ4v) is 3.65. The number of nitrogens with zero attached hydrogens (tertiary/aromatic N) is 1. The fraction of sp³-hybridized carbons (Fsp3) is 0.0476. The Bertz CT molecular complexity index is 1140. The van der Waals surface area contributed by atoms with Crippen molar-refractivity contribution in [3.8, 4) is 17.1 Å². The normalized spacial score (nSPS) is 16.4. The molecule has 8 heteroatoms. The van der Waals surface area contributed by atoms with Gasteiger partial charge in [0.2, 0.25) is 0 Å². The minimum Gasteiger partial charge on any atom is -0.494 e. The minimum absolute atomic E-state index is 0.283. The molecule has 2 aromatic carbocycles. The molecule has 0 aliphatic carbocycles. The summed E-state index contributed by atoms with van der Waals surface area (Å²) in [6, 6.07) is 14.6. The number of benzene rings is 2. The molecule has 1 fully saturated rings. The van der Waals surface area contributed by atoms with Crippen molar-refractivity contribution >= 4 is 46.2 Å². The Morgan fingerprint density at radius 3 is 2.72 bits per heavy atom. The molecule has 2 heterocycles. The van der Waals surface area contributed by atoms with Gasteiger partial charge in [0.25, 0.3) is 5.91 Å². The number of rotatable bonds is 4. The summed E-state index contributed by atoms with van der Waals surface area (Å²) in [5.74, 6) is 1.03. The molecule has 0 unspecified atom stereocenters. The predicted molar refractivity (Wildman–Crippen MR) is 113 cm³/mol. The van der Waals surface area contributed by atoms with Gasteiger partial charge in [-0.25, -0.2) is 9.38 Å². The highest BCUT2D eigenvalue weighted by Crippen LogP contribution is 2.34. The Hall–Kier alpha value is -3.03. The van der Waals surface area contributed by atoms with E-state index in [1.807, 2.05) is 0 Å². The van der Waals surface area contributed by atoms with Crippen LogP contribution in [0.25, 0.3) is 17.4 Å². The summed E-state index contributed by atoms with van der Waals surface area (Å²) in [6.07, 6.45) is 1.63. The summed E-state index contributed by atoms with van der Waals surface area (Å²) in [7, 11) is 1.54. The highest BCUT2D eigenvalue weighted by atomic mass is 35.5. The van der Waals surface area contributed by atoms with Crippen LogP contribution in [-0.2, 0) is 4.79 Å². The van der Waals surface area contributed by atoms with Crippen LogP contribution in [0, 0.1) is 5.82 Å². The van der Waals surface area contributed by atoms with Gasteiger partial charge in [0.05, 0.1) is 12.0 Å². The van der Waals surface area contributed by atoms with Crippen LogP contribution >= 0.6 is 23.4 Å². The summed E-state index contributed by atoms with van der Waals surface area (Å²) in [6.45, 7) is 0. The first-order chi connectivity index (χ1) is 14.0. The van der Waals surface area contributed by atoms with Gasteiger partial charge in [0.15, 0.2) is 5.17 Å². The van der Waals surface area contributed by atoms with Gasteiger partial charge in [-0.05, 0) is 66.4 Å². The van der Waals surface area contributed by atoms with Crippen molar-refractivity contribution in [1.29, 1.82) is 0 Å². The molecule has 1 aliphatic heterocycles. The number of aliphatic imine (C=N–C) groups is 1. The van der Waals surface area contributed by atoms with Crippen LogP contribution in [0.15, 0.2) is 68.9 Å². The fourth-order valence-electron chi connectivity index (χ4n) is 2.67. The van der Waals surface area contributed by atoms with Gasteiger partial charge in [-0.15, -0.1) is 0 Å². The van der Waals surface area contributed by atoms with Gasteiger partial charge in [-0.1, -0.05) is 11.6 Å². The van der Waals surface area contributed by atoms with Crippen molar-refractivity contribution in [1.82, 2.24) is 5.32 Å². The lowest BCUT2D eigenvalue weighted by molar-refractivity contribution is -0.115. The second kappa shape index (κ2) is 8.14. The number of furan rings is 1. The number of amidine groups is 1. The molecule has 1 amide bonds. The first-order valence-corrected chi connectivity index (χ1v) is 9.70. The average molecular weight is 429 g/mol. The van der Waals surface area contributed by atoms with Crippen molar-refractivity contribution < 1.29 is 18.3 Å². The van der Waals surface area contributed by atoms with Crippen LogP contribution in [-0.4, -0.2) is 18.2 Å². The van der Waals surface area contributed by atoms with Gasteiger partial charge in [0, 0.05) is 16.7 Å². The van der Waals surface area contributed by atoms with E-state index in [0.29, 0.717) is 38.1 Å². The Kier molecular flexibility index (Phi) is 5.42. The number of carbonyl (C=O) groups excluding carboxylic acids is 1. The highest BCUT2D eigenvalue weighted by Gasteiger charge is 2.25. The number of thioether (sulfide) groups is 1. The monoisotopic (exact) mass is 428 g/mol. The molecular weight excluding hydrogens is 415 g/mol. The number of hydrogen-bond acceptors (Lipinski definition) is 5. The van der Waals surface area contributed by atoms with E-state index in [1.165, 1.54) is 31.0 Å². The molecule has 0 bridgehead atoms. The molecule has 29 heavy (non-hydrogen) atoms. The van der Waals surface area contributed by atoms with Gasteiger partial charge in [-0.2, -0.15) is 0 Å². The number of carbonyl (C=O) groups is 1. The van der Waals surface area contributed by atoms with Crippen molar-refractivity contribution in [3.05, 3.63) is 76.1 Å². The molecule has 0 radical (unpaired) electrons. The zero-order chi connectivity index (χ0) is 20.4. The second-order valence-corrected chi connectivity index (χ2v) is 7.47. The Balaban J connectivity index is 1.56. The third-order valence-corrected chi connectivity index (χ3v) is 5.19. The van der Waals surface area contributed by atoms with Crippen molar-refractivity contribution in [2.24, 2.45) is 4.99 Å². The van der Waals surface area contributed by atoms with E-state index in [9.17, 15) is 9.18 Å². The molecule has 4 rings (SSSR count). The standard InChI is InChI=1S/C21H14ClFN2O3S/c1-27-18-8-4-13(22)10-16(18)24-21-25-20(26)19(29-21)11-15-7-9-17(28-15)12-2-5-14(23)6-3-12/h2-11H,1H3,(H,24,25,26)/b19-11-. The summed E-state index contributed by atoms with van der Waals surface area (Å²) in [5.41, 5.74) is 1.26. The maximum Gasteiger partial charge on any atom is 0.264 e. The molecule has 1 N–H and O–H groups in total. The SMILES string of the molecule is COc1ccc(Cl)cc1N=C1NC(=O)/C(=C/c2ccc(-c3ccc(F)cc3)o2)S1. The first kappa shape index (κ1) is 19.3. The van der Waals surface area contributed by atoms with E-state index >= 15 is 0 Å².